The summed E-state index contributed by atoms with van der Waals surface area (Å²) in [4.78, 5) is 60.9. The van der Waals surface area contributed by atoms with Gasteiger partial charge in [0.15, 0.2) is 36.2 Å². The van der Waals surface area contributed by atoms with Crippen molar-refractivity contribution >= 4 is 35.0 Å². The molecule has 1 aromatic carbocycles. The number of esters is 2. The SMILES string of the molecule is CCCC(=O)O[C@@H]1[C@H](OC(=O)CCC)[C@@H](CO)O[C@H]1n1cnc2c(=O)[nH]c(NC(=O)COc3ccccc3)nc21. The molecule has 1 aliphatic rings. The predicted molar refractivity (Wildman–Crippen MR) is 139 cm³/mol. The number of aliphatic hydroxyl groups is 1. The molecule has 3 aromatic rings. The number of nitrogens with zero attached hydrogens (tertiary/aromatic N) is 3. The Bertz CT molecular complexity index is 1390. The van der Waals surface area contributed by atoms with Crippen LogP contribution in [0, 0.1) is 0 Å². The zero-order valence-corrected chi connectivity index (χ0v) is 22.1. The molecule has 40 heavy (non-hydrogen) atoms. The van der Waals surface area contributed by atoms with Crippen LogP contribution in [-0.2, 0) is 28.6 Å². The monoisotopic (exact) mass is 557 g/mol. The van der Waals surface area contributed by atoms with Crippen molar-refractivity contribution in [3.8, 4) is 5.75 Å². The maximum atomic E-state index is 12.7. The van der Waals surface area contributed by atoms with Crippen LogP contribution in [0.1, 0.15) is 45.8 Å². The van der Waals surface area contributed by atoms with E-state index in [1.807, 2.05) is 13.0 Å². The number of aliphatic hydroxyl groups excluding tert-OH is 1. The Morgan fingerprint density at radius 2 is 1.75 bits per heavy atom. The summed E-state index contributed by atoms with van der Waals surface area (Å²) in [6.45, 7) is 2.74. The number of aromatic amines is 1. The molecule has 0 bridgehead atoms. The summed E-state index contributed by atoms with van der Waals surface area (Å²) in [7, 11) is 0. The topological polar surface area (TPSA) is 184 Å². The highest BCUT2D eigenvalue weighted by molar-refractivity contribution is 5.90. The Morgan fingerprint density at radius 3 is 2.40 bits per heavy atom. The number of hydrogen-bond acceptors (Lipinski definition) is 11. The van der Waals surface area contributed by atoms with Gasteiger partial charge in [0, 0.05) is 12.8 Å². The maximum absolute atomic E-state index is 12.7. The van der Waals surface area contributed by atoms with E-state index in [9.17, 15) is 24.3 Å². The molecule has 1 amide bonds. The zero-order valence-electron chi connectivity index (χ0n) is 22.1. The number of fused-ring (bicyclic) bond motifs is 1. The van der Waals surface area contributed by atoms with E-state index < -0.39 is 54.6 Å². The molecular formula is C26H31N5O9. The van der Waals surface area contributed by atoms with Gasteiger partial charge in [0.05, 0.1) is 12.9 Å². The number of nitrogens with one attached hydrogen (secondary N) is 2. The molecule has 0 saturated carbocycles. The summed E-state index contributed by atoms with van der Waals surface area (Å²) >= 11 is 0. The largest absolute Gasteiger partial charge is 0.484 e. The van der Waals surface area contributed by atoms with Crippen LogP contribution in [0.25, 0.3) is 11.2 Å². The zero-order chi connectivity index (χ0) is 28.6. The molecule has 1 saturated heterocycles. The number of para-hydroxylation sites is 1. The van der Waals surface area contributed by atoms with Crippen molar-refractivity contribution in [2.24, 2.45) is 0 Å². The lowest BCUT2D eigenvalue weighted by molar-refractivity contribution is -0.168. The first-order valence-corrected chi connectivity index (χ1v) is 12.9. The number of carbonyl (C=O) groups excluding carboxylic acids is 3. The van der Waals surface area contributed by atoms with E-state index >= 15 is 0 Å². The van der Waals surface area contributed by atoms with Crippen LogP contribution in [0.5, 0.6) is 5.75 Å². The van der Waals surface area contributed by atoms with Crippen molar-refractivity contribution < 1.29 is 38.4 Å². The molecular weight excluding hydrogens is 526 g/mol. The Labute approximate surface area is 228 Å². The van der Waals surface area contributed by atoms with Gasteiger partial charge in [-0.15, -0.1) is 0 Å². The smallest absolute Gasteiger partial charge is 0.306 e. The molecule has 0 spiro atoms. The second-order valence-electron chi connectivity index (χ2n) is 9.05. The van der Waals surface area contributed by atoms with Gasteiger partial charge in [-0.25, -0.2) is 4.98 Å². The number of amides is 1. The van der Waals surface area contributed by atoms with Crippen molar-refractivity contribution in [1.82, 2.24) is 19.5 Å². The van der Waals surface area contributed by atoms with Crippen molar-refractivity contribution in [3.63, 3.8) is 0 Å². The minimum atomic E-state index is -1.17. The summed E-state index contributed by atoms with van der Waals surface area (Å²) in [5.74, 6) is -1.37. The van der Waals surface area contributed by atoms with Gasteiger partial charge in [-0.1, -0.05) is 32.0 Å². The van der Waals surface area contributed by atoms with Gasteiger partial charge in [-0.05, 0) is 25.0 Å². The number of ether oxygens (including phenoxy) is 4. The number of H-pyrrole nitrogens is 1. The third kappa shape index (κ3) is 6.63. The summed E-state index contributed by atoms with van der Waals surface area (Å²) in [5.41, 5.74) is -0.722. The fraction of sp³-hybridized carbons (Fsp3) is 0.462. The molecule has 4 atom stereocenters. The molecule has 0 unspecified atom stereocenters. The first-order chi connectivity index (χ1) is 19.3. The summed E-state index contributed by atoms with van der Waals surface area (Å²) < 4.78 is 23.9. The van der Waals surface area contributed by atoms with Crippen LogP contribution in [0.3, 0.4) is 0 Å². The van der Waals surface area contributed by atoms with E-state index in [1.165, 1.54) is 10.9 Å². The van der Waals surface area contributed by atoms with E-state index in [0.29, 0.717) is 18.6 Å². The molecule has 14 heteroatoms. The van der Waals surface area contributed by atoms with E-state index in [4.69, 9.17) is 18.9 Å². The third-order valence-electron chi connectivity index (χ3n) is 5.99. The molecule has 0 radical (unpaired) electrons. The standard InChI is InChI=1S/C26H31N5O9/c1-3-8-18(34)39-21-16(12-32)38-25(22(21)40-19(35)9-4-2)31-14-27-20-23(31)29-26(30-24(20)36)28-17(33)13-37-15-10-6-5-7-11-15/h5-7,10-11,14,16,21-22,25,32H,3-4,8-9,12-13H2,1-2H3,(H2,28,29,30,33,36)/t16-,21-,22-,25-/m1/s1. The van der Waals surface area contributed by atoms with E-state index in [1.54, 1.807) is 31.2 Å². The number of benzene rings is 1. The van der Waals surface area contributed by atoms with Crippen LogP contribution < -0.4 is 15.6 Å². The lowest BCUT2D eigenvalue weighted by Crippen LogP contribution is -2.40. The minimum Gasteiger partial charge on any atom is -0.484 e. The number of anilines is 1. The van der Waals surface area contributed by atoms with Gasteiger partial charge in [0.2, 0.25) is 5.95 Å². The van der Waals surface area contributed by atoms with Crippen molar-refractivity contribution in [2.75, 3.05) is 18.5 Å². The molecule has 0 aliphatic carbocycles. The molecule has 1 aliphatic heterocycles. The summed E-state index contributed by atoms with van der Waals surface area (Å²) in [5, 5.41) is 12.4. The highest BCUT2D eigenvalue weighted by Crippen LogP contribution is 2.35. The highest BCUT2D eigenvalue weighted by atomic mass is 16.6. The van der Waals surface area contributed by atoms with E-state index in [2.05, 4.69) is 20.3 Å². The van der Waals surface area contributed by atoms with Crippen LogP contribution in [0.15, 0.2) is 41.5 Å². The molecule has 4 rings (SSSR count). The minimum absolute atomic E-state index is 0.00166. The first-order valence-electron chi connectivity index (χ1n) is 12.9. The third-order valence-corrected chi connectivity index (χ3v) is 5.99. The fourth-order valence-electron chi connectivity index (χ4n) is 4.18. The number of rotatable bonds is 12. The van der Waals surface area contributed by atoms with Gasteiger partial charge in [-0.2, -0.15) is 4.98 Å². The Balaban J connectivity index is 1.62. The van der Waals surface area contributed by atoms with Gasteiger partial charge in [-0.3, -0.25) is 34.0 Å². The molecule has 1 fully saturated rings. The lowest BCUT2D eigenvalue weighted by atomic mass is 10.1. The van der Waals surface area contributed by atoms with Crippen molar-refractivity contribution in [2.45, 2.75) is 64.1 Å². The first kappa shape index (κ1) is 28.7. The van der Waals surface area contributed by atoms with Gasteiger partial charge >= 0.3 is 11.9 Å². The molecule has 14 nitrogen and oxygen atoms in total. The molecule has 214 valence electrons. The van der Waals surface area contributed by atoms with Crippen LogP contribution in [-0.4, -0.2) is 74.0 Å². The summed E-state index contributed by atoms with van der Waals surface area (Å²) in [6, 6.07) is 8.71. The van der Waals surface area contributed by atoms with Gasteiger partial charge in [0.1, 0.15) is 11.9 Å². The van der Waals surface area contributed by atoms with Gasteiger partial charge in [0.25, 0.3) is 11.5 Å². The van der Waals surface area contributed by atoms with E-state index in [0.717, 1.165) is 0 Å². The fourth-order valence-corrected chi connectivity index (χ4v) is 4.18. The van der Waals surface area contributed by atoms with E-state index in [-0.39, 0.29) is 36.6 Å². The average Bonchev–Trinajstić information content (AvgIpc) is 3.50. The van der Waals surface area contributed by atoms with Crippen molar-refractivity contribution in [3.05, 3.63) is 47.0 Å². The number of carbonyl (C=O) groups is 3. The molecule has 3 heterocycles. The normalized spacial score (nSPS) is 20.3. The Morgan fingerprint density at radius 1 is 1.07 bits per heavy atom. The second-order valence-corrected chi connectivity index (χ2v) is 9.05. The van der Waals surface area contributed by atoms with Gasteiger partial charge < -0.3 is 24.1 Å². The Kier molecular flexibility index (Phi) is 9.45. The average molecular weight is 558 g/mol. The van der Waals surface area contributed by atoms with Crippen LogP contribution in [0.2, 0.25) is 0 Å². The predicted octanol–water partition coefficient (Wildman–Crippen LogP) is 1.45. The number of imidazole rings is 1. The molecule has 3 N–H and O–H groups in total. The second kappa shape index (κ2) is 13.2. The maximum Gasteiger partial charge on any atom is 0.306 e. The quantitative estimate of drug-likeness (QED) is 0.274. The number of aromatic nitrogens is 4. The lowest BCUT2D eigenvalue weighted by Gasteiger charge is -2.24. The van der Waals surface area contributed by atoms with Crippen LogP contribution >= 0.6 is 0 Å². The Hall–Kier alpha value is -4.30. The van der Waals surface area contributed by atoms with Crippen LogP contribution in [0.4, 0.5) is 5.95 Å². The molecule has 2 aromatic heterocycles. The summed E-state index contributed by atoms with van der Waals surface area (Å²) in [6.07, 6.45) is -1.94. The number of hydrogen-bond donors (Lipinski definition) is 3. The highest BCUT2D eigenvalue weighted by Gasteiger charge is 2.50. The van der Waals surface area contributed by atoms with Crippen molar-refractivity contribution in [1.29, 1.82) is 0 Å².